The molecule has 0 saturated carbocycles. The Bertz CT molecular complexity index is 494. The summed E-state index contributed by atoms with van der Waals surface area (Å²) in [5.41, 5.74) is 0. The number of rotatable bonds is 2. The van der Waals surface area contributed by atoms with E-state index < -0.39 is 9.84 Å². The van der Waals surface area contributed by atoms with Gasteiger partial charge in [-0.15, -0.1) is 11.8 Å². The first-order chi connectivity index (χ1) is 7.07. The van der Waals surface area contributed by atoms with Crippen LogP contribution in [0.1, 0.15) is 0 Å². The lowest BCUT2D eigenvalue weighted by Gasteiger charge is -2.07. The molecule has 2 nitrogen and oxygen atoms in total. The molecular weight excluding hydrogens is 296 g/mol. The Hall–Kier alpha value is -0.260. The van der Waals surface area contributed by atoms with E-state index in [0.717, 1.165) is 9.37 Å². The van der Waals surface area contributed by atoms with Gasteiger partial charge in [0.15, 0.2) is 9.84 Å². The van der Waals surface area contributed by atoms with Crippen molar-refractivity contribution in [3.05, 3.63) is 40.2 Å². The first-order valence-corrected chi connectivity index (χ1v) is 7.78. The maximum atomic E-state index is 11.2. The average molecular weight is 305 g/mol. The quantitative estimate of drug-likeness (QED) is 0.842. The SMILES string of the molecule is O=S1(=O)C=CC(Sc2ccccc2Br)C1. The van der Waals surface area contributed by atoms with Crippen molar-refractivity contribution in [1.82, 2.24) is 0 Å². The second-order valence-electron chi connectivity index (χ2n) is 3.24. The third kappa shape index (κ3) is 2.86. The Morgan fingerprint density at radius 1 is 1.33 bits per heavy atom. The van der Waals surface area contributed by atoms with Gasteiger partial charge in [0.2, 0.25) is 0 Å². The minimum atomic E-state index is -2.95. The number of sulfone groups is 1. The minimum absolute atomic E-state index is 0.0358. The largest absolute Gasteiger partial charge is 0.224 e. The minimum Gasteiger partial charge on any atom is -0.224 e. The molecule has 0 fully saturated rings. The van der Waals surface area contributed by atoms with Gasteiger partial charge in [0.25, 0.3) is 0 Å². The third-order valence-corrected chi connectivity index (χ3v) is 5.81. The molecule has 1 heterocycles. The van der Waals surface area contributed by atoms with Gasteiger partial charge in [-0.25, -0.2) is 8.42 Å². The van der Waals surface area contributed by atoms with E-state index in [2.05, 4.69) is 15.9 Å². The molecule has 1 aliphatic rings. The van der Waals surface area contributed by atoms with E-state index in [4.69, 9.17) is 0 Å². The summed E-state index contributed by atoms with van der Waals surface area (Å²) in [5.74, 6) is 0.207. The van der Waals surface area contributed by atoms with Crippen LogP contribution in [0.15, 0.2) is 45.1 Å². The van der Waals surface area contributed by atoms with Crippen molar-refractivity contribution < 1.29 is 8.42 Å². The zero-order chi connectivity index (χ0) is 10.9. The van der Waals surface area contributed by atoms with Gasteiger partial charge in [-0.2, -0.15) is 0 Å². The molecule has 5 heteroatoms. The van der Waals surface area contributed by atoms with Crippen LogP contribution in [0.2, 0.25) is 0 Å². The first-order valence-electron chi connectivity index (χ1n) is 4.39. The van der Waals surface area contributed by atoms with Crippen LogP contribution in [0.4, 0.5) is 0 Å². The highest BCUT2D eigenvalue weighted by molar-refractivity contribution is 9.10. The molecule has 2 rings (SSSR count). The molecule has 15 heavy (non-hydrogen) atoms. The first kappa shape index (κ1) is 11.2. The Kier molecular flexibility index (Phi) is 3.23. The monoisotopic (exact) mass is 304 g/mol. The Balaban J connectivity index is 2.12. The fourth-order valence-corrected chi connectivity index (χ4v) is 4.76. The predicted octanol–water partition coefficient (Wildman–Crippen LogP) is 2.85. The van der Waals surface area contributed by atoms with Crippen molar-refractivity contribution in [1.29, 1.82) is 0 Å². The number of thioether (sulfide) groups is 1. The van der Waals surface area contributed by atoms with Crippen LogP contribution in [0, 0.1) is 0 Å². The van der Waals surface area contributed by atoms with Gasteiger partial charge in [-0.05, 0) is 28.1 Å². The zero-order valence-electron chi connectivity index (χ0n) is 7.76. The van der Waals surface area contributed by atoms with E-state index in [9.17, 15) is 8.42 Å². The van der Waals surface area contributed by atoms with Crippen molar-refractivity contribution in [3.8, 4) is 0 Å². The van der Waals surface area contributed by atoms with Crippen LogP contribution in [-0.2, 0) is 9.84 Å². The molecule has 1 aromatic carbocycles. The summed E-state index contributed by atoms with van der Waals surface area (Å²) in [6.07, 6.45) is 1.75. The van der Waals surface area contributed by atoms with Gasteiger partial charge in [0, 0.05) is 20.0 Å². The van der Waals surface area contributed by atoms with Crippen LogP contribution in [0.25, 0.3) is 0 Å². The normalized spacial score (nSPS) is 23.1. The lowest BCUT2D eigenvalue weighted by molar-refractivity contribution is 0.606. The summed E-state index contributed by atoms with van der Waals surface area (Å²) in [6.45, 7) is 0. The molecule has 1 atom stereocenters. The standard InChI is InChI=1S/C10H9BrO2S2/c11-9-3-1-2-4-10(9)14-8-5-6-15(12,13)7-8/h1-6,8H,7H2. The van der Waals surface area contributed by atoms with Crippen LogP contribution >= 0.6 is 27.7 Å². The molecule has 1 aromatic rings. The maximum Gasteiger partial charge on any atom is 0.172 e. The molecular formula is C10H9BrO2S2. The van der Waals surface area contributed by atoms with Crippen LogP contribution in [0.3, 0.4) is 0 Å². The zero-order valence-corrected chi connectivity index (χ0v) is 11.0. The topological polar surface area (TPSA) is 34.1 Å². The van der Waals surface area contributed by atoms with Crippen LogP contribution in [0.5, 0.6) is 0 Å². The van der Waals surface area contributed by atoms with Crippen LogP contribution in [-0.4, -0.2) is 19.4 Å². The molecule has 1 unspecified atom stereocenters. The molecule has 1 aliphatic heterocycles. The van der Waals surface area contributed by atoms with Gasteiger partial charge in [0.05, 0.1) is 5.75 Å². The summed E-state index contributed by atoms with van der Waals surface area (Å²) >= 11 is 5.00. The van der Waals surface area contributed by atoms with Crippen molar-refractivity contribution in [2.24, 2.45) is 0 Å². The van der Waals surface area contributed by atoms with Gasteiger partial charge < -0.3 is 0 Å². The Morgan fingerprint density at radius 3 is 2.67 bits per heavy atom. The van der Waals surface area contributed by atoms with E-state index in [-0.39, 0.29) is 11.0 Å². The van der Waals surface area contributed by atoms with E-state index in [1.807, 2.05) is 24.3 Å². The molecule has 0 aromatic heterocycles. The molecule has 0 spiro atoms. The number of halogens is 1. The summed E-state index contributed by atoms with van der Waals surface area (Å²) < 4.78 is 23.4. The van der Waals surface area contributed by atoms with Gasteiger partial charge in [-0.1, -0.05) is 18.2 Å². The van der Waals surface area contributed by atoms with E-state index in [1.54, 1.807) is 17.8 Å². The van der Waals surface area contributed by atoms with Crippen molar-refractivity contribution in [3.63, 3.8) is 0 Å². The molecule has 0 amide bonds. The summed E-state index contributed by atoms with van der Waals surface area (Å²) in [4.78, 5) is 1.07. The highest BCUT2D eigenvalue weighted by Crippen LogP contribution is 2.33. The molecule has 0 bridgehead atoms. The number of hydrogen-bond donors (Lipinski definition) is 0. The smallest absolute Gasteiger partial charge is 0.172 e. The second-order valence-corrected chi connectivity index (χ2v) is 7.31. The predicted molar refractivity (Wildman–Crippen MR) is 66.7 cm³/mol. The van der Waals surface area contributed by atoms with Gasteiger partial charge >= 0.3 is 0 Å². The van der Waals surface area contributed by atoms with E-state index >= 15 is 0 Å². The maximum absolute atomic E-state index is 11.2. The lowest BCUT2D eigenvalue weighted by Crippen LogP contribution is -2.06. The summed E-state index contributed by atoms with van der Waals surface area (Å²) in [5, 5.41) is 1.34. The van der Waals surface area contributed by atoms with Crippen molar-refractivity contribution in [2.45, 2.75) is 10.1 Å². The molecule has 80 valence electrons. The van der Waals surface area contributed by atoms with Crippen LogP contribution < -0.4 is 0 Å². The van der Waals surface area contributed by atoms with E-state index in [1.165, 1.54) is 5.41 Å². The third-order valence-electron chi connectivity index (χ3n) is 2.01. The highest BCUT2D eigenvalue weighted by Gasteiger charge is 2.22. The molecule has 0 radical (unpaired) electrons. The second kappa shape index (κ2) is 4.31. The van der Waals surface area contributed by atoms with Crippen molar-refractivity contribution >= 4 is 37.5 Å². The Morgan fingerprint density at radius 2 is 2.07 bits per heavy atom. The molecule has 0 N–H and O–H groups in total. The van der Waals surface area contributed by atoms with Gasteiger partial charge in [0.1, 0.15) is 0 Å². The number of hydrogen-bond acceptors (Lipinski definition) is 3. The molecule has 0 saturated heterocycles. The average Bonchev–Trinajstić information content (AvgIpc) is 2.50. The van der Waals surface area contributed by atoms with E-state index in [0.29, 0.717) is 0 Å². The molecule has 0 aliphatic carbocycles. The number of benzene rings is 1. The van der Waals surface area contributed by atoms with Crippen molar-refractivity contribution in [2.75, 3.05) is 5.75 Å². The summed E-state index contributed by atoms with van der Waals surface area (Å²) in [7, 11) is -2.95. The summed E-state index contributed by atoms with van der Waals surface area (Å²) in [6, 6.07) is 7.82. The fourth-order valence-electron chi connectivity index (χ4n) is 1.32. The fraction of sp³-hybridized carbons (Fsp3) is 0.200. The lowest BCUT2D eigenvalue weighted by atomic mass is 10.4. The van der Waals surface area contributed by atoms with Gasteiger partial charge in [-0.3, -0.25) is 0 Å². The highest BCUT2D eigenvalue weighted by atomic mass is 79.9. The Labute approximate surface area is 102 Å².